The Morgan fingerprint density at radius 3 is 2.58 bits per heavy atom. The monoisotopic (exact) mass is 490 g/mol. The SMILES string of the molecule is C=C(Nc1cccc(C(F)(F)F)c1)c1cc(C)cc(C#Cc2cnc3cccnn23)c1CCC.CC. The highest BCUT2D eigenvalue weighted by atomic mass is 19.4. The molecular formula is C29H29F3N4. The molecule has 36 heavy (non-hydrogen) atoms. The van der Waals surface area contributed by atoms with E-state index in [0.29, 0.717) is 22.7 Å². The van der Waals surface area contributed by atoms with Crippen LogP contribution in [0.1, 0.15) is 60.7 Å². The van der Waals surface area contributed by atoms with Crippen LogP contribution in [0.2, 0.25) is 0 Å². The van der Waals surface area contributed by atoms with E-state index >= 15 is 0 Å². The van der Waals surface area contributed by atoms with Crippen LogP contribution in [0.15, 0.2) is 67.5 Å². The summed E-state index contributed by atoms with van der Waals surface area (Å²) in [6, 6.07) is 12.8. The largest absolute Gasteiger partial charge is 0.416 e. The lowest BCUT2D eigenvalue weighted by molar-refractivity contribution is -0.137. The van der Waals surface area contributed by atoms with Gasteiger partial charge in [0.15, 0.2) is 5.65 Å². The Morgan fingerprint density at radius 1 is 1.08 bits per heavy atom. The Kier molecular flexibility index (Phi) is 8.55. The van der Waals surface area contributed by atoms with E-state index in [1.807, 2.05) is 45.0 Å². The molecule has 4 nitrogen and oxygen atoms in total. The number of nitrogens with zero attached hydrogens (tertiary/aromatic N) is 3. The number of aromatic nitrogens is 3. The molecule has 0 unspecified atom stereocenters. The van der Waals surface area contributed by atoms with Gasteiger partial charge in [0.2, 0.25) is 0 Å². The van der Waals surface area contributed by atoms with E-state index in [9.17, 15) is 13.2 Å². The van der Waals surface area contributed by atoms with Gasteiger partial charge in [-0.05, 0) is 72.9 Å². The van der Waals surface area contributed by atoms with Gasteiger partial charge < -0.3 is 5.32 Å². The first-order valence-electron chi connectivity index (χ1n) is 11.8. The van der Waals surface area contributed by atoms with Gasteiger partial charge in [-0.25, -0.2) is 9.50 Å². The summed E-state index contributed by atoms with van der Waals surface area (Å²) in [6.45, 7) is 12.1. The summed E-state index contributed by atoms with van der Waals surface area (Å²) < 4.78 is 41.0. The van der Waals surface area contributed by atoms with Gasteiger partial charge in [0, 0.05) is 28.7 Å². The topological polar surface area (TPSA) is 42.2 Å². The lowest BCUT2D eigenvalue weighted by Crippen LogP contribution is -2.07. The third-order valence-corrected chi connectivity index (χ3v) is 5.31. The molecule has 186 valence electrons. The van der Waals surface area contributed by atoms with Crippen LogP contribution in [0.25, 0.3) is 11.3 Å². The summed E-state index contributed by atoms with van der Waals surface area (Å²) in [7, 11) is 0. The average molecular weight is 491 g/mol. The minimum atomic E-state index is -4.41. The van der Waals surface area contributed by atoms with E-state index in [1.165, 1.54) is 6.07 Å². The summed E-state index contributed by atoms with van der Waals surface area (Å²) in [5.41, 5.74) is 5.16. The maximum absolute atomic E-state index is 13.1. The summed E-state index contributed by atoms with van der Waals surface area (Å²) in [5, 5.41) is 7.35. The molecule has 7 heteroatoms. The predicted octanol–water partition coefficient (Wildman–Crippen LogP) is 7.52. The van der Waals surface area contributed by atoms with Crippen LogP contribution >= 0.6 is 0 Å². The number of imidazole rings is 1. The van der Waals surface area contributed by atoms with Crippen LogP contribution in [0.5, 0.6) is 0 Å². The zero-order valence-electron chi connectivity index (χ0n) is 20.9. The van der Waals surface area contributed by atoms with Crippen LogP contribution in [-0.2, 0) is 12.6 Å². The molecule has 2 aromatic heterocycles. The van der Waals surface area contributed by atoms with E-state index in [4.69, 9.17) is 0 Å². The van der Waals surface area contributed by atoms with E-state index in [1.54, 1.807) is 23.0 Å². The van der Waals surface area contributed by atoms with Crippen LogP contribution in [-0.4, -0.2) is 14.6 Å². The molecular weight excluding hydrogens is 461 g/mol. The Bertz CT molecular complexity index is 1420. The molecule has 0 radical (unpaired) electrons. The standard InChI is InChI=1S/C27H23F3N4.C2H6/c1-4-7-24-20(11-12-23-17-31-26-10-6-13-32-34(23)26)14-18(2)15-25(24)19(3)33-22-9-5-8-21(16-22)27(28,29)30;1-2/h5-6,8-10,13-17,33H,3-4,7H2,1-2H3;1-2H3. The number of halogens is 3. The molecule has 2 heterocycles. The highest BCUT2D eigenvalue weighted by Gasteiger charge is 2.30. The highest BCUT2D eigenvalue weighted by Crippen LogP contribution is 2.32. The van der Waals surface area contributed by atoms with Gasteiger partial charge in [-0.1, -0.05) is 45.8 Å². The van der Waals surface area contributed by atoms with Crippen LogP contribution < -0.4 is 5.32 Å². The number of fused-ring (bicyclic) bond motifs is 1. The number of benzene rings is 2. The normalized spacial score (nSPS) is 10.8. The van der Waals surface area contributed by atoms with Crippen molar-refractivity contribution in [3.05, 3.63) is 101 Å². The third-order valence-electron chi connectivity index (χ3n) is 5.31. The molecule has 0 saturated heterocycles. The molecule has 4 aromatic rings. The second kappa shape index (κ2) is 11.6. The molecule has 1 N–H and O–H groups in total. The molecule has 0 aliphatic rings. The summed E-state index contributed by atoms with van der Waals surface area (Å²) in [5.74, 6) is 6.42. The molecule has 0 amide bonds. The van der Waals surface area contributed by atoms with Gasteiger partial charge in [0.1, 0.15) is 5.69 Å². The quantitative estimate of drug-likeness (QED) is 0.294. The van der Waals surface area contributed by atoms with E-state index in [2.05, 4.69) is 40.7 Å². The van der Waals surface area contributed by atoms with Gasteiger partial charge in [-0.15, -0.1) is 0 Å². The van der Waals surface area contributed by atoms with Crippen molar-refractivity contribution in [2.75, 3.05) is 5.32 Å². The average Bonchev–Trinajstić information content (AvgIpc) is 3.28. The van der Waals surface area contributed by atoms with E-state index in [0.717, 1.165) is 47.2 Å². The number of alkyl halides is 3. The van der Waals surface area contributed by atoms with Crippen molar-refractivity contribution in [2.24, 2.45) is 0 Å². The maximum atomic E-state index is 13.1. The van der Waals surface area contributed by atoms with E-state index < -0.39 is 11.7 Å². The summed E-state index contributed by atoms with van der Waals surface area (Å²) >= 11 is 0. The van der Waals surface area contributed by atoms with Crippen molar-refractivity contribution in [3.63, 3.8) is 0 Å². The van der Waals surface area contributed by atoms with Crippen molar-refractivity contribution >= 4 is 17.0 Å². The first kappa shape index (κ1) is 26.6. The van der Waals surface area contributed by atoms with Gasteiger partial charge in [-0.3, -0.25) is 0 Å². The Balaban J connectivity index is 0.00000176. The summed E-state index contributed by atoms with van der Waals surface area (Å²) in [6.07, 6.45) is 0.564. The minimum absolute atomic E-state index is 0.327. The number of hydrogen-bond acceptors (Lipinski definition) is 3. The van der Waals surface area contributed by atoms with Crippen LogP contribution in [0.4, 0.5) is 18.9 Å². The second-order valence-corrected chi connectivity index (χ2v) is 7.96. The lowest BCUT2D eigenvalue weighted by atomic mass is 9.93. The zero-order valence-corrected chi connectivity index (χ0v) is 20.9. The first-order chi connectivity index (χ1) is 17.3. The third kappa shape index (κ3) is 6.14. The fourth-order valence-electron chi connectivity index (χ4n) is 3.78. The van der Waals surface area contributed by atoms with E-state index in [-0.39, 0.29) is 0 Å². The molecule has 4 rings (SSSR count). The maximum Gasteiger partial charge on any atom is 0.416 e. The zero-order chi connectivity index (χ0) is 26.3. The van der Waals surface area contributed by atoms with Crippen molar-refractivity contribution in [1.29, 1.82) is 0 Å². The Hall–Kier alpha value is -4.05. The van der Waals surface area contributed by atoms with Crippen molar-refractivity contribution in [2.45, 2.75) is 46.7 Å². The number of nitrogens with one attached hydrogen (secondary N) is 1. The first-order valence-corrected chi connectivity index (χ1v) is 11.8. The Morgan fingerprint density at radius 2 is 1.86 bits per heavy atom. The van der Waals surface area contributed by atoms with Gasteiger partial charge >= 0.3 is 6.18 Å². The molecule has 0 atom stereocenters. The fraction of sp³-hybridized carbons (Fsp3) is 0.241. The fourth-order valence-corrected chi connectivity index (χ4v) is 3.78. The molecule has 0 bridgehead atoms. The Labute approximate surface area is 209 Å². The van der Waals surface area contributed by atoms with Crippen LogP contribution in [0, 0.1) is 18.8 Å². The molecule has 0 aliphatic carbocycles. The predicted molar refractivity (Wildman–Crippen MR) is 140 cm³/mol. The molecule has 2 aromatic carbocycles. The second-order valence-electron chi connectivity index (χ2n) is 7.96. The lowest BCUT2D eigenvalue weighted by Gasteiger charge is -2.17. The smallest absolute Gasteiger partial charge is 0.356 e. The minimum Gasteiger partial charge on any atom is -0.356 e. The van der Waals surface area contributed by atoms with Gasteiger partial charge in [0.05, 0.1) is 11.8 Å². The van der Waals surface area contributed by atoms with Crippen molar-refractivity contribution < 1.29 is 13.2 Å². The molecule has 0 aliphatic heterocycles. The summed E-state index contributed by atoms with van der Waals surface area (Å²) in [4.78, 5) is 4.32. The number of anilines is 1. The molecule has 0 saturated carbocycles. The number of hydrogen-bond donors (Lipinski definition) is 1. The van der Waals surface area contributed by atoms with Crippen molar-refractivity contribution in [3.8, 4) is 11.8 Å². The number of rotatable bonds is 5. The molecule has 0 spiro atoms. The van der Waals surface area contributed by atoms with Gasteiger partial charge in [-0.2, -0.15) is 18.3 Å². The van der Waals surface area contributed by atoms with Crippen LogP contribution in [0.3, 0.4) is 0 Å². The van der Waals surface area contributed by atoms with Crippen molar-refractivity contribution in [1.82, 2.24) is 14.6 Å². The number of aryl methyl sites for hydroxylation is 1. The van der Waals surface area contributed by atoms with Gasteiger partial charge in [0.25, 0.3) is 0 Å². The molecule has 0 fully saturated rings. The highest BCUT2D eigenvalue weighted by molar-refractivity contribution is 5.79.